The van der Waals surface area contributed by atoms with Crippen molar-refractivity contribution in [2.24, 2.45) is 23.7 Å². The van der Waals surface area contributed by atoms with Gasteiger partial charge in [-0.25, -0.2) is 0 Å². The van der Waals surface area contributed by atoms with E-state index in [4.69, 9.17) is 9.84 Å². The fourth-order valence-corrected chi connectivity index (χ4v) is 3.47. The SMILES string of the molecule is C.C.CC1CCCC(C(=O)O)C1.COC(=O)C1CCCC(C)C1. The minimum Gasteiger partial charge on any atom is -0.481 e. The number of esters is 1. The monoisotopic (exact) mass is 330 g/mol. The molecule has 0 bridgehead atoms. The molecule has 2 saturated carbocycles. The van der Waals surface area contributed by atoms with Gasteiger partial charge in [0.05, 0.1) is 18.9 Å². The van der Waals surface area contributed by atoms with E-state index in [0.717, 1.165) is 32.1 Å². The summed E-state index contributed by atoms with van der Waals surface area (Å²) in [5.74, 6) is 0.832. The zero-order valence-electron chi connectivity index (χ0n) is 13.6. The molecule has 0 aromatic heterocycles. The van der Waals surface area contributed by atoms with E-state index >= 15 is 0 Å². The van der Waals surface area contributed by atoms with E-state index in [1.807, 2.05) is 0 Å². The zero-order valence-corrected chi connectivity index (χ0v) is 13.6. The Hall–Kier alpha value is -1.06. The Kier molecular flexibility index (Phi) is 13.0. The van der Waals surface area contributed by atoms with Crippen LogP contribution in [0.1, 0.15) is 80.1 Å². The van der Waals surface area contributed by atoms with Crippen molar-refractivity contribution in [2.45, 2.75) is 80.1 Å². The second-order valence-corrected chi connectivity index (χ2v) is 6.80. The fourth-order valence-electron chi connectivity index (χ4n) is 3.47. The van der Waals surface area contributed by atoms with Crippen LogP contribution in [-0.2, 0) is 14.3 Å². The molecule has 4 heteroatoms. The molecule has 1 N–H and O–H groups in total. The number of carbonyl (C=O) groups is 2. The molecule has 4 nitrogen and oxygen atoms in total. The normalized spacial score (nSPS) is 29.7. The van der Waals surface area contributed by atoms with Crippen LogP contribution in [0.4, 0.5) is 0 Å². The van der Waals surface area contributed by atoms with Gasteiger partial charge in [-0.3, -0.25) is 9.59 Å². The highest BCUT2D eigenvalue weighted by Gasteiger charge is 2.25. The van der Waals surface area contributed by atoms with Crippen LogP contribution in [0.2, 0.25) is 0 Å². The number of rotatable bonds is 2. The van der Waals surface area contributed by atoms with Gasteiger partial charge < -0.3 is 9.84 Å². The molecule has 23 heavy (non-hydrogen) atoms. The summed E-state index contributed by atoms with van der Waals surface area (Å²) in [4.78, 5) is 21.6. The van der Waals surface area contributed by atoms with Crippen molar-refractivity contribution in [3.05, 3.63) is 0 Å². The maximum absolute atomic E-state index is 11.1. The van der Waals surface area contributed by atoms with Gasteiger partial charge in [0.2, 0.25) is 0 Å². The molecule has 4 unspecified atom stereocenters. The van der Waals surface area contributed by atoms with Gasteiger partial charge >= 0.3 is 11.9 Å². The number of ether oxygens (including phenoxy) is 1. The molecule has 0 saturated heterocycles. The van der Waals surface area contributed by atoms with E-state index in [1.54, 1.807) is 0 Å². The Balaban J connectivity index is 0. The predicted molar refractivity (Wildman–Crippen MR) is 95.4 cm³/mol. The lowest BCUT2D eigenvalue weighted by Crippen LogP contribution is -2.22. The number of aliphatic carboxylic acids is 1. The summed E-state index contributed by atoms with van der Waals surface area (Å²) < 4.78 is 4.70. The van der Waals surface area contributed by atoms with Crippen molar-refractivity contribution in [2.75, 3.05) is 7.11 Å². The summed E-state index contributed by atoms with van der Waals surface area (Å²) in [6, 6.07) is 0. The van der Waals surface area contributed by atoms with Gasteiger partial charge in [0.25, 0.3) is 0 Å². The number of hydrogen-bond acceptors (Lipinski definition) is 3. The van der Waals surface area contributed by atoms with Gasteiger partial charge in [-0.1, -0.05) is 54.4 Å². The van der Waals surface area contributed by atoms with E-state index in [1.165, 1.54) is 26.4 Å². The summed E-state index contributed by atoms with van der Waals surface area (Å²) in [6.45, 7) is 4.34. The third-order valence-corrected chi connectivity index (χ3v) is 4.76. The fraction of sp³-hybridized carbons (Fsp3) is 0.895. The first-order chi connectivity index (χ1) is 9.93. The lowest BCUT2D eigenvalue weighted by atomic mass is 9.82. The van der Waals surface area contributed by atoms with Gasteiger partial charge in [-0.05, 0) is 37.5 Å². The molecule has 0 heterocycles. The first kappa shape index (κ1) is 24.2. The molecule has 2 aliphatic rings. The summed E-state index contributed by atoms with van der Waals surface area (Å²) in [6.07, 6.45) is 8.58. The van der Waals surface area contributed by atoms with Crippen molar-refractivity contribution in [1.29, 1.82) is 0 Å². The highest BCUT2D eigenvalue weighted by atomic mass is 16.5. The Morgan fingerprint density at radius 1 is 0.870 bits per heavy atom. The van der Waals surface area contributed by atoms with Crippen LogP contribution in [0.5, 0.6) is 0 Å². The van der Waals surface area contributed by atoms with E-state index in [0.29, 0.717) is 11.8 Å². The highest BCUT2D eigenvalue weighted by molar-refractivity contribution is 5.72. The van der Waals surface area contributed by atoms with Crippen molar-refractivity contribution >= 4 is 11.9 Å². The molecular weight excluding hydrogens is 292 g/mol. The predicted octanol–water partition coefficient (Wildman–Crippen LogP) is 5.16. The third kappa shape index (κ3) is 8.97. The number of hydrogen-bond donors (Lipinski definition) is 1. The van der Waals surface area contributed by atoms with Crippen LogP contribution in [0.3, 0.4) is 0 Å². The molecule has 0 amide bonds. The average molecular weight is 331 g/mol. The largest absolute Gasteiger partial charge is 0.481 e. The van der Waals surface area contributed by atoms with Crippen LogP contribution < -0.4 is 0 Å². The maximum atomic E-state index is 11.1. The summed E-state index contributed by atoms with van der Waals surface area (Å²) in [5.41, 5.74) is 0. The molecule has 0 aliphatic heterocycles. The van der Waals surface area contributed by atoms with Crippen LogP contribution in [0.15, 0.2) is 0 Å². The Bertz CT molecular complexity index is 340. The second-order valence-electron chi connectivity index (χ2n) is 6.80. The van der Waals surface area contributed by atoms with E-state index in [-0.39, 0.29) is 32.7 Å². The second kappa shape index (κ2) is 12.4. The Morgan fingerprint density at radius 3 is 1.65 bits per heavy atom. The minimum absolute atomic E-state index is 0. The van der Waals surface area contributed by atoms with E-state index in [9.17, 15) is 9.59 Å². The van der Waals surface area contributed by atoms with Crippen LogP contribution in [-0.4, -0.2) is 24.2 Å². The van der Waals surface area contributed by atoms with Crippen LogP contribution in [0.25, 0.3) is 0 Å². The van der Waals surface area contributed by atoms with Crippen molar-refractivity contribution < 1.29 is 19.4 Å². The van der Waals surface area contributed by atoms with E-state index in [2.05, 4.69) is 13.8 Å². The topological polar surface area (TPSA) is 63.6 Å². The number of carboxylic acids is 1. The first-order valence-electron chi connectivity index (χ1n) is 8.24. The average Bonchev–Trinajstić information content (AvgIpc) is 2.47. The number of carboxylic acid groups (broad SMARTS) is 1. The molecular formula is C19H38O4. The summed E-state index contributed by atoms with van der Waals surface area (Å²) in [5, 5.41) is 8.66. The van der Waals surface area contributed by atoms with E-state index < -0.39 is 5.97 Å². The van der Waals surface area contributed by atoms with Gasteiger partial charge in [-0.15, -0.1) is 0 Å². The Labute approximate surface area is 143 Å². The number of methoxy groups -OCH3 is 1. The first-order valence-corrected chi connectivity index (χ1v) is 8.24. The van der Waals surface area contributed by atoms with Crippen LogP contribution >= 0.6 is 0 Å². The lowest BCUT2D eigenvalue weighted by molar-refractivity contribution is -0.147. The zero-order chi connectivity index (χ0) is 15.8. The van der Waals surface area contributed by atoms with Crippen LogP contribution in [0, 0.1) is 23.7 Å². The quantitative estimate of drug-likeness (QED) is 0.711. The molecule has 4 atom stereocenters. The molecule has 2 aliphatic carbocycles. The third-order valence-electron chi connectivity index (χ3n) is 4.76. The van der Waals surface area contributed by atoms with Crippen molar-refractivity contribution in [1.82, 2.24) is 0 Å². The molecule has 0 aromatic carbocycles. The molecule has 0 radical (unpaired) electrons. The van der Waals surface area contributed by atoms with Gasteiger partial charge in [0.1, 0.15) is 0 Å². The summed E-state index contributed by atoms with van der Waals surface area (Å²) in [7, 11) is 1.47. The lowest BCUT2D eigenvalue weighted by Gasteiger charge is -2.24. The standard InChI is InChI=1S/C9H16O2.C8H14O2.2CH4/c1-7-4-3-5-8(6-7)9(10)11-2;1-6-3-2-4-7(5-6)8(9)10;;/h7-8H,3-6H2,1-2H3;6-7H,2-5H2,1H3,(H,9,10);2*1H4. The van der Waals surface area contributed by atoms with Gasteiger partial charge in [-0.2, -0.15) is 0 Å². The summed E-state index contributed by atoms with van der Waals surface area (Å²) >= 11 is 0. The molecule has 0 aromatic rings. The van der Waals surface area contributed by atoms with Gasteiger partial charge in [0.15, 0.2) is 0 Å². The van der Waals surface area contributed by atoms with Gasteiger partial charge in [0, 0.05) is 0 Å². The molecule has 138 valence electrons. The Morgan fingerprint density at radius 2 is 1.30 bits per heavy atom. The molecule has 2 rings (SSSR count). The maximum Gasteiger partial charge on any atom is 0.308 e. The van der Waals surface area contributed by atoms with Crippen molar-refractivity contribution in [3.8, 4) is 0 Å². The van der Waals surface area contributed by atoms with Crippen molar-refractivity contribution in [3.63, 3.8) is 0 Å². The highest BCUT2D eigenvalue weighted by Crippen LogP contribution is 2.29. The molecule has 2 fully saturated rings. The number of carbonyl (C=O) groups excluding carboxylic acids is 1. The smallest absolute Gasteiger partial charge is 0.308 e. The minimum atomic E-state index is -0.605. The molecule has 0 spiro atoms.